The van der Waals surface area contributed by atoms with Crippen molar-refractivity contribution in [3.8, 4) is 0 Å². The molecule has 3 aromatic rings. The van der Waals surface area contributed by atoms with Crippen LogP contribution in [0.2, 0.25) is 5.02 Å². The number of nitrogens with one attached hydrogen (secondary N) is 1. The van der Waals surface area contributed by atoms with Crippen molar-refractivity contribution in [2.75, 3.05) is 11.1 Å². The van der Waals surface area contributed by atoms with Crippen molar-refractivity contribution < 1.29 is 9.72 Å². The van der Waals surface area contributed by atoms with Gasteiger partial charge in [0.1, 0.15) is 14.7 Å². The smallest absolute Gasteiger partial charge is 0.289 e. The number of hydrogen-bond donors (Lipinski definition) is 2. The molecule has 0 bridgehead atoms. The second-order valence-corrected chi connectivity index (χ2v) is 6.44. The predicted octanol–water partition coefficient (Wildman–Crippen LogP) is 4.00. The molecular formula is C15H11ClN4O3S. The highest BCUT2D eigenvalue weighted by Crippen LogP contribution is 2.35. The van der Waals surface area contributed by atoms with Crippen LogP contribution in [0.1, 0.15) is 15.2 Å². The zero-order valence-corrected chi connectivity index (χ0v) is 13.9. The number of nitrogens with two attached hydrogens (primary N) is 1. The quantitative estimate of drug-likeness (QED) is 0.540. The van der Waals surface area contributed by atoms with Crippen LogP contribution in [0, 0.1) is 17.0 Å². The molecule has 0 aliphatic rings. The van der Waals surface area contributed by atoms with Gasteiger partial charge in [-0.1, -0.05) is 11.6 Å². The number of carbonyl (C=O) groups excluding carboxylic acids is 1. The van der Waals surface area contributed by atoms with E-state index < -0.39 is 10.8 Å². The third-order valence-corrected chi connectivity index (χ3v) is 4.88. The monoisotopic (exact) mass is 362 g/mol. The molecule has 9 heteroatoms. The summed E-state index contributed by atoms with van der Waals surface area (Å²) in [7, 11) is 0. The summed E-state index contributed by atoms with van der Waals surface area (Å²) in [6.45, 7) is 1.89. The molecule has 0 radical (unpaired) electrons. The zero-order valence-electron chi connectivity index (χ0n) is 12.4. The minimum atomic E-state index is -0.612. The number of aryl methyl sites for hydroxylation is 1. The summed E-state index contributed by atoms with van der Waals surface area (Å²) in [5, 5.41) is 14.3. The summed E-state index contributed by atoms with van der Waals surface area (Å²) >= 11 is 6.93. The number of nitro groups is 1. The minimum Gasteiger partial charge on any atom is -0.397 e. The normalized spacial score (nSPS) is 10.8. The van der Waals surface area contributed by atoms with Crippen molar-refractivity contribution >= 4 is 56.1 Å². The number of thiophene rings is 1. The molecule has 0 aliphatic carbocycles. The highest BCUT2D eigenvalue weighted by atomic mass is 35.5. The van der Waals surface area contributed by atoms with Gasteiger partial charge in [0.05, 0.1) is 10.6 Å². The van der Waals surface area contributed by atoms with E-state index in [9.17, 15) is 14.9 Å². The second-order valence-electron chi connectivity index (χ2n) is 5.03. The summed E-state index contributed by atoms with van der Waals surface area (Å²) in [5.74, 6) is -0.452. The molecule has 0 saturated heterocycles. The van der Waals surface area contributed by atoms with Gasteiger partial charge in [0.25, 0.3) is 11.6 Å². The molecule has 0 spiro atoms. The number of halogens is 1. The van der Waals surface area contributed by atoms with E-state index in [4.69, 9.17) is 17.3 Å². The number of amides is 1. The number of nitrogen functional groups attached to an aromatic ring is 1. The summed E-state index contributed by atoms with van der Waals surface area (Å²) < 4.78 is 0. The van der Waals surface area contributed by atoms with Gasteiger partial charge in [-0.3, -0.25) is 14.9 Å². The van der Waals surface area contributed by atoms with Gasteiger partial charge >= 0.3 is 0 Å². The van der Waals surface area contributed by atoms with Crippen LogP contribution in [0.3, 0.4) is 0 Å². The lowest BCUT2D eigenvalue weighted by molar-refractivity contribution is -0.384. The first kappa shape index (κ1) is 16.2. The molecule has 0 unspecified atom stereocenters. The van der Waals surface area contributed by atoms with Crippen molar-refractivity contribution in [2.24, 2.45) is 0 Å². The first-order valence-electron chi connectivity index (χ1n) is 6.77. The Bertz CT molecular complexity index is 986. The predicted molar refractivity (Wildman–Crippen MR) is 94.8 cm³/mol. The van der Waals surface area contributed by atoms with E-state index in [1.165, 1.54) is 29.5 Å². The van der Waals surface area contributed by atoms with Crippen LogP contribution in [0.15, 0.2) is 30.5 Å². The van der Waals surface area contributed by atoms with Gasteiger partial charge in [0.15, 0.2) is 0 Å². The van der Waals surface area contributed by atoms with E-state index in [2.05, 4.69) is 10.3 Å². The van der Waals surface area contributed by atoms with Crippen LogP contribution in [-0.2, 0) is 0 Å². The fourth-order valence-electron chi connectivity index (χ4n) is 2.29. The summed E-state index contributed by atoms with van der Waals surface area (Å²) in [5.41, 5.74) is 7.33. The van der Waals surface area contributed by atoms with E-state index in [1.54, 1.807) is 6.20 Å². The van der Waals surface area contributed by atoms with Gasteiger partial charge in [-0.05, 0) is 30.7 Å². The van der Waals surface area contributed by atoms with Crippen LogP contribution in [0.5, 0.6) is 0 Å². The first-order valence-corrected chi connectivity index (χ1v) is 7.97. The Labute approximate surface area is 145 Å². The highest BCUT2D eigenvalue weighted by Gasteiger charge is 2.20. The van der Waals surface area contributed by atoms with Crippen molar-refractivity contribution in [1.82, 2.24) is 4.98 Å². The fourth-order valence-corrected chi connectivity index (χ4v) is 3.51. The van der Waals surface area contributed by atoms with Crippen molar-refractivity contribution in [3.05, 3.63) is 56.0 Å². The minimum absolute atomic E-state index is 0.000741. The van der Waals surface area contributed by atoms with Gasteiger partial charge in [0.2, 0.25) is 0 Å². The molecule has 0 atom stereocenters. The van der Waals surface area contributed by atoms with Crippen molar-refractivity contribution in [3.63, 3.8) is 0 Å². The maximum atomic E-state index is 12.5. The molecule has 7 nitrogen and oxygen atoms in total. The number of carbonyl (C=O) groups is 1. The molecule has 3 N–H and O–H groups in total. The molecule has 1 amide bonds. The maximum Gasteiger partial charge on any atom is 0.289 e. The Morgan fingerprint density at radius 2 is 2.17 bits per heavy atom. The van der Waals surface area contributed by atoms with Crippen molar-refractivity contribution in [2.45, 2.75) is 6.92 Å². The van der Waals surface area contributed by atoms with E-state index in [0.29, 0.717) is 15.4 Å². The van der Waals surface area contributed by atoms with Crippen LogP contribution in [-0.4, -0.2) is 15.8 Å². The third kappa shape index (κ3) is 2.77. The first-order chi connectivity index (χ1) is 11.4. The zero-order chi connectivity index (χ0) is 17.4. The van der Waals surface area contributed by atoms with Gasteiger partial charge in [0, 0.05) is 23.3 Å². The van der Waals surface area contributed by atoms with Crippen LogP contribution in [0.25, 0.3) is 10.2 Å². The number of hydrogen-bond acceptors (Lipinski definition) is 6. The number of benzene rings is 1. The lowest BCUT2D eigenvalue weighted by Gasteiger charge is -2.05. The standard InChI is InChI=1S/C15H11ClN4O3S/c1-7-4-5-18-15-11(7)12(17)13(24-15)14(21)19-8-2-3-9(16)10(6-8)20(22)23/h2-6H,17H2,1H3,(H,19,21). The number of nitro benzene ring substituents is 1. The largest absolute Gasteiger partial charge is 0.397 e. The number of anilines is 2. The van der Waals surface area contributed by atoms with E-state index in [-0.39, 0.29) is 16.4 Å². The van der Waals surface area contributed by atoms with Crippen LogP contribution < -0.4 is 11.1 Å². The Kier molecular flexibility index (Phi) is 4.08. The Hall–Kier alpha value is -2.71. The molecule has 1 aromatic carbocycles. The van der Waals surface area contributed by atoms with E-state index in [0.717, 1.165) is 10.9 Å². The molecule has 24 heavy (non-hydrogen) atoms. The van der Waals surface area contributed by atoms with Gasteiger partial charge in [-0.2, -0.15) is 0 Å². The molecule has 0 aliphatic heterocycles. The molecule has 0 saturated carbocycles. The van der Waals surface area contributed by atoms with E-state index in [1.807, 2.05) is 13.0 Å². The van der Waals surface area contributed by atoms with E-state index >= 15 is 0 Å². The molecule has 0 fully saturated rings. The number of fused-ring (bicyclic) bond motifs is 1. The number of pyridine rings is 1. The van der Waals surface area contributed by atoms with Gasteiger partial charge < -0.3 is 11.1 Å². The lowest BCUT2D eigenvalue weighted by Crippen LogP contribution is -2.12. The number of rotatable bonds is 3. The summed E-state index contributed by atoms with van der Waals surface area (Å²) in [4.78, 5) is 28.0. The third-order valence-electron chi connectivity index (χ3n) is 3.44. The summed E-state index contributed by atoms with van der Waals surface area (Å²) in [6, 6.07) is 5.86. The molecular weight excluding hydrogens is 352 g/mol. The second kappa shape index (κ2) is 6.06. The molecule has 2 aromatic heterocycles. The molecule has 122 valence electrons. The van der Waals surface area contributed by atoms with Gasteiger partial charge in [-0.25, -0.2) is 4.98 Å². The van der Waals surface area contributed by atoms with Crippen molar-refractivity contribution in [1.29, 1.82) is 0 Å². The van der Waals surface area contributed by atoms with Crippen LogP contribution >= 0.6 is 22.9 Å². The topological polar surface area (TPSA) is 111 Å². The maximum absolute atomic E-state index is 12.5. The Balaban J connectivity index is 1.96. The van der Waals surface area contributed by atoms with Gasteiger partial charge in [-0.15, -0.1) is 11.3 Å². The number of nitrogens with zero attached hydrogens (tertiary/aromatic N) is 2. The Morgan fingerprint density at radius 3 is 2.83 bits per heavy atom. The average molecular weight is 363 g/mol. The molecule has 3 rings (SSSR count). The lowest BCUT2D eigenvalue weighted by atomic mass is 10.1. The highest BCUT2D eigenvalue weighted by molar-refractivity contribution is 7.21. The average Bonchev–Trinajstić information content (AvgIpc) is 2.87. The Morgan fingerprint density at radius 1 is 1.42 bits per heavy atom. The van der Waals surface area contributed by atoms with Crippen LogP contribution in [0.4, 0.5) is 17.1 Å². The SMILES string of the molecule is Cc1ccnc2sc(C(=O)Nc3ccc(Cl)c([N+](=O)[O-])c3)c(N)c12. The summed E-state index contributed by atoms with van der Waals surface area (Å²) in [6.07, 6.45) is 1.65. The number of aromatic nitrogens is 1. The fraction of sp³-hybridized carbons (Fsp3) is 0.0667. The molecule has 2 heterocycles.